The number of benzene rings is 1. The van der Waals surface area contributed by atoms with Crippen LogP contribution in [0.3, 0.4) is 0 Å². The van der Waals surface area contributed by atoms with E-state index in [2.05, 4.69) is 5.32 Å². The summed E-state index contributed by atoms with van der Waals surface area (Å²) in [5.41, 5.74) is 2.56. The molecular formula is C11H13F2N. The van der Waals surface area contributed by atoms with Crippen LogP contribution in [0.1, 0.15) is 17.5 Å². The minimum absolute atomic E-state index is 0.0822. The molecule has 0 fully saturated rings. The summed E-state index contributed by atoms with van der Waals surface area (Å²) in [6.45, 7) is 2.23. The molecule has 1 heterocycles. The molecule has 0 aliphatic carbocycles. The third kappa shape index (κ3) is 1.72. The fourth-order valence-electron chi connectivity index (χ4n) is 1.83. The number of alkyl halides is 2. The number of anilines is 1. The number of nitrogens with one attached hydrogen (secondary N) is 1. The molecule has 3 heteroatoms. The zero-order valence-corrected chi connectivity index (χ0v) is 8.11. The van der Waals surface area contributed by atoms with E-state index in [0.29, 0.717) is 6.54 Å². The van der Waals surface area contributed by atoms with E-state index >= 15 is 0 Å². The molecule has 1 aliphatic heterocycles. The molecule has 0 atom stereocenters. The lowest BCUT2D eigenvalue weighted by Crippen LogP contribution is -2.20. The second kappa shape index (κ2) is 3.23. The van der Waals surface area contributed by atoms with Gasteiger partial charge < -0.3 is 5.32 Å². The Morgan fingerprint density at radius 2 is 2.14 bits per heavy atom. The summed E-state index contributed by atoms with van der Waals surface area (Å²) < 4.78 is 26.6. The Morgan fingerprint density at radius 3 is 2.93 bits per heavy atom. The standard InChI is InChI=1S/C11H13F2N/c1-8-3-2-4-10-9(8)7-11(12,13)5-6-14-10/h2-4,14H,5-7H2,1H3. The minimum atomic E-state index is -2.57. The van der Waals surface area contributed by atoms with Gasteiger partial charge in [-0.15, -0.1) is 0 Å². The van der Waals surface area contributed by atoms with E-state index in [1.54, 1.807) is 0 Å². The molecule has 76 valence electrons. The molecule has 1 aromatic carbocycles. The highest BCUT2D eigenvalue weighted by Crippen LogP contribution is 2.32. The van der Waals surface area contributed by atoms with Crippen molar-refractivity contribution in [3.8, 4) is 0 Å². The van der Waals surface area contributed by atoms with Crippen LogP contribution in [-0.2, 0) is 6.42 Å². The number of hydrogen-bond donors (Lipinski definition) is 1. The van der Waals surface area contributed by atoms with Crippen LogP contribution in [0.2, 0.25) is 0 Å². The molecule has 0 amide bonds. The zero-order chi connectivity index (χ0) is 10.2. The van der Waals surface area contributed by atoms with Gasteiger partial charge in [0, 0.05) is 25.1 Å². The summed E-state index contributed by atoms with van der Waals surface area (Å²) in [5.74, 6) is -2.57. The van der Waals surface area contributed by atoms with Gasteiger partial charge in [-0.2, -0.15) is 0 Å². The highest BCUT2D eigenvalue weighted by atomic mass is 19.3. The van der Waals surface area contributed by atoms with Gasteiger partial charge >= 0.3 is 0 Å². The molecule has 1 N–H and O–H groups in total. The molecule has 2 rings (SSSR count). The Bertz CT molecular complexity index is 347. The van der Waals surface area contributed by atoms with E-state index in [1.807, 2.05) is 25.1 Å². The first kappa shape index (κ1) is 9.44. The third-order valence-electron chi connectivity index (χ3n) is 2.65. The highest BCUT2D eigenvalue weighted by Gasteiger charge is 2.32. The van der Waals surface area contributed by atoms with Crippen LogP contribution in [0.25, 0.3) is 0 Å². The van der Waals surface area contributed by atoms with Crippen LogP contribution >= 0.6 is 0 Å². The topological polar surface area (TPSA) is 12.0 Å². The summed E-state index contributed by atoms with van der Waals surface area (Å²) in [7, 11) is 0. The number of hydrogen-bond acceptors (Lipinski definition) is 1. The first-order chi connectivity index (χ1) is 6.58. The normalized spacial score (nSPS) is 19.4. The summed E-state index contributed by atoms with van der Waals surface area (Å²) in [5, 5.41) is 3.04. The predicted molar refractivity (Wildman–Crippen MR) is 52.9 cm³/mol. The summed E-state index contributed by atoms with van der Waals surface area (Å²) in [4.78, 5) is 0. The van der Waals surface area contributed by atoms with Gasteiger partial charge in [-0.1, -0.05) is 12.1 Å². The van der Waals surface area contributed by atoms with E-state index in [-0.39, 0.29) is 12.8 Å². The predicted octanol–water partition coefficient (Wildman–Crippen LogP) is 2.99. The summed E-state index contributed by atoms with van der Waals surface area (Å²) in [6, 6.07) is 5.64. The molecule has 1 nitrogen and oxygen atoms in total. The van der Waals surface area contributed by atoms with Crippen molar-refractivity contribution in [2.45, 2.75) is 25.7 Å². The number of aryl methyl sites for hydroxylation is 1. The maximum Gasteiger partial charge on any atom is 0.253 e. The fourth-order valence-corrected chi connectivity index (χ4v) is 1.83. The smallest absolute Gasteiger partial charge is 0.253 e. The lowest BCUT2D eigenvalue weighted by atomic mass is 10.0. The van der Waals surface area contributed by atoms with Crippen LogP contribution in [0, 0.1) is 6.92 Å². The van der Waals surface area contributed by atoms with Crippen molar-refractivity contribution in [2.75, 3.05) is 11.9 Å². The third-order valence-corrected chi connectivity index (χ3v) is 2.65. The first-order valence-electron chi connectivity index (χ1n) is 4.79. The monoisotopic (exact) mass is 197 g/mol. The van der Waals surface area contributed by atoms with Gasteiger partial charge in [0.1, 0.15) is 0 Å². The van der Waals surface area contributed by atoms with Crippen molar-refractivity contribution in [2.24, 2.45) is 0 Å². The molecule has 0 saturated heterocycles. The largest absolute Gasteiger partial charge is 0.385 e. The molecule has 1 aromatic rings. The SMILES string of the molecule is Cc1cccc2c1CC(F)(F)CCN2. The second-order valence-electron chi connectivity index (χ2n) is 3.81. The van der Waals surface area contributed by atoms with E-state index < -0.39 is 5.92 Å². The van der Waals surface area contributed by atoms with Crippen LogP contribution in [0.5, 0.6) is 0 Å². The first-order valence-corrected chi connectivity index (χ1v) is 4.79. The van der Waals surface area contributed by atoms with E-state index in [0.717, 1.165) is 16.8 Å². The van der Waals surface area contributed by atoms with Crippen LogP contribution in [0.15, 0.2) is 18.2 Å². The van der Waals surface area contributed by atoms with Crippen LogP contribution < -0.4 is 5.32 Å². The second-order valence-corrected chi connectivity index (χ2v) is 3.81. The Morgan fingerprint density at radius 1 is 1.36 bits per heavy atom. The van der Waals surface area contributed by atoms with Crippen LogP contribution in [0.4, 0.5) is 14.5 Å². The summed E-state index contributed by atoms with van der Waals surface area (Å²) in [6.07, 6.45) is -0.219. The molecule has 0 bridgehead atoms. The van der Waals surface area contributed by atoms with E-state index in [4.69, 9.17) is 0 Å². The summed E-state index contributed by atoms with van der Waals surface area (Å²) >= 11 is 0. The van der Waals surface area contributed by atoms with E-state index in [9.17, 15) is 8.78 Å². The van der Waals surface area contributed by atoms with Crippen LogP contribution in [-0.4, -0.2) is 12.5 Å². The van der Waals surface area contributed by atoms with Crippen molar-refractivity contribution in [1.29, 1.82) is 0 Å². The maximum absolute atomic E-state index is 13.3. The zero-order valence-electron chi connectivity index (χ0n) is 8.11. The molecule has 14 heavy (non-hydrogen) atoms. The van der Waals surface area contributed by atoms with Gasteiger partial charge in [0.05, 0.1) is 0 Å². The lowest BCUT2D eigenvalue weighted by Gasteiger charge is -2.14. The minimum Gasteiger partial charge on any atom is -0.385 e. The Labute approximate surface area is 82.1 Å². The average molecular weight is 197 g/mol. The molecule has 0 saturated carbocycles. The van der Waals surface area contributed by atoms with Gasteiger partial charge in [0.25, 0.3) is 5.92 Å². The molecule has 0 spiro atoms. The molecule has 0 aromatic heterocycles. The number of fused-ring (bicyclic) bond motifs is 1. The molecule has 1 aliphatic rings. The highest BCUT2D eigenvalue weighted by molar-refractivity contribution is 5.55. The maximum atomic E-state index is 13.3. The lowest BCUT2D eigenvalue weighted by molar-refractivity contribution is -0.00208. The fraction of sp³-hybridized carbons (Fsp3) is 0.455. The quantitative estimate of drug-likeness (QED) is 0.674. The van der Waals surface area contributed by atoms with Crippen molar-refractivity contribution in [1.82, 2.24) is 0 Å². The molecule has 0 unspecified atom stereocenters. The Balaban J connectivity index is 2.43. The van der Waals surface area contributed by atoms with Crippen molar-refractivity contribution in [3.05, 3.63) is 29.3 Å². The van der Waals surface area contributed by atoms with Gasteiger partial charge in [-0.3, -0.25) is 0 Å². The average Bonchev–Trinajstić information content (AvgIpc) is 2.24. The molecular weight excluding hydrogens is 184 g/mol. The number of halogens is 2. The van der Waals surface area contributed by atoms with Gasteiger partial charge in [-0.05, 0) is 24.1 Å². The Kier molecular flexibility index (Phi) is 2.17. The Hall–Kier alpha value is -1.12. The van der Waals surface area contributed by atoms with Crippen molar-refractivity contribution >= 4 is 5.69 Å². The molecule has 0 radical (unpaired) electrons. The van der Waals surface area contributed by atoms with E-state index in [1.165, 1.54) is 0 Å². The van der Waals surface area contributed by atoms with Gasteiger partial charge in [0.2, 0.25) is 0 Å². The van der Waals surface area contributed by atoms with Crippen molar-refractivity contribution in [3.63, 3.8) is 0 Å². The van der Waals surface area contributed by atoms with Gasteiger partial charge in [0.15, 0.2) is 0 Å². The van der Waals surface area contributed by atoms with Gasteiger partial charge in [-0.25, -0.2) is 8.78 Å². The number of rotatable bonds is 0. The van der Waals surface area contributed by atoms with Crippen molar-refractivity contribution < 1.29 is 8.78 Å².